The van der Waals surface area contributed by atoms with Crippen molar-refractivity contribution in [2.24, 2.45) is 7.05 Å². The number of benzene rings is 1. The van der Waals surface area contributed by atoms with Crippen LogP contribution in [-0.2, 0) is 13.2 Å². The van der Waals surface area contributed by atoms with Gasteiger partial charge in [-0.15, -0.1) is 5.10 Å². The Bertz CT molecular complexity index is 614. The van der Waals surface area contributed by atoms with E-state index in [1.807, 2.05) is 26.2 Å². The zero-order valence-corrected chi connectivity index (χ0v) is 12.3. The number of halogens is 3. The Labute approximate surface area is 121 Å². The number of aromatic nitrogens is 3. The SMILES string of the molecule is C[C@H](c1ccc(-c2nc(C(F)(F)F)nn2C)cc1)N(C)C. The maximum atomic E-state index is 12.6. The van der Waals surface area contributed by atoms with Crippen molar-refractivity contribution in [1.29, 1.82) is 0 Å². The summed E-state index contributed by atoms with van der Waals surface area (Å²) in [4.78, 5) is 5.63. The van der Waals surface area contributed by atoms with Crippen LogP contribution in [0.4, 0.5) is 13.2 Å². The van der Waals surface area contributed by atoms with Gasteiger partial charge in [-0.05, 0) is 26.6 Å². The first kappa shape index (κ1) is 15.5. The molecule has 2 rings (SSSR count). The summed E-state index contributed by atoms with van der Waals surface area (Å²) in [7, 11) is 5.39. The molecule has 0 saturated carbocycles. The maximum absolute atomic E-state index is 12.6. The standard InChI is InChI=1S/C14H17F3N4/c1-9(20(2)3)10-5-7-11(8-6-10)12-18-13(14(15,16)17)19-21(12)4/h5-9H,1-4H3/t9-/m1/s1. The maximum Gasteiger partial charge on any atom is 0.453 e. The highest BCUT2D eigenvalue weighted by molar-refractivity contribution is 5.56. The minimum absolute atomic E-state index is 0.200. The zero-order chi connectivity index (χ0) is 15.8. The van der Waals surface area contributed by atoms with Gasteiger partial charge in [0.1, 0.15) is 0 Å². The third-order valence-corrected chi connectivity index (χ3v) is 3.44. The molecular weight excluding hydrogens is 281 g/mol. The average Bonchev–Trinajstić information content (AvgIpc) is 2.80. The van der Waals surface area contributed by atoms with Gasteiger partial charge in [0.05, 0.1) is 0 Å². The van der Waals surface area contributed by atoms with Crippen LogP contribution in [0, 0.1) is 0 Å². The molecule has 1 atom stereocenters. The van der Waals surface area contributed by atoms with Crippen LogP contribution >= 0.6 is 0 Å². The smallest absolute Gasteiger partial charge is 0.303 e. The van der Waals surface area contributed by atoms with E-state index in [0.29, 0.717) is 5.56 Å². The molecule has 0 aliphatic carbocycles. The first-order valence-electron chi connectivity index (χ1n) is 6.45. The van der Waals surface area contributed by atoms with Gasteiger partial charge < -0.3 is 4.90 Å². The lowest BCUT2D eigenvalue weighted by Crippen LogP contribution is -2.16. The largest absolute Gasteiger partial charge is 0.453 e. The summed E-state index contributed by atoms with van der Waals surface area (Å²) >= 11 is 0. The van der Waals surface area contributed by atoms with E-state index in [9.17, 15) is 13.2 Å². The van der Waals surface area contributed by atoms with Crippen molar-refractivity contribution >= 4 is 0 Å². The van der Waals surface area contributed by atoms with E-state index in [1.54, 1.807) is 12.1 Å². The topological polar surface area (TPSA) is 34.0 Å². The Balaban J connectivity index is 2.33. The third-order valence-electron chi connectivity index (χ3n) is 3.44. The molecule has 7 heteroatoms. The van der Waals surface area contributed by atoms with Crippen molar-refractivity contribution < 1.29 is 13.2 Å². The monoisotopic (exact) mass is 298 g/mol. The van der Waals surface area contributed by atoms with E-state index in [1.165, 1.54) is 7.05 Å². The molecule has 0 amide bonds. The Hall–Kier alpha value is -1.89. The molecule has 0 fully saturated rings. The lowest BCUT2D eigenvalue weighted by molar-refractivity contribution is -0.144. The second kappa shape index (κ2) is 5.48. The van der Waals surface area contributed by atoms with E-state index in [0.717, 1.165) is 10.2 Å². The summed E-state index contributed by atoms with van der Waals surface area (Å²) in [6, 6.07) is 7.53. The number of hydrogen-bond acceptors (Lipinski definition) is 3. The molecule has 114 valence electrons. The highest BCUT2D eigenvalue weighted by atomic mass is 19.4. The molecule has 1 heterocycles. The van der Waals surface area contributed by atoms with Crippen LogP contribution in [0.2, 0.25) is 0 Å². The van der Waals surface area contributed by atoms with Crippen molar-refractivity contribution in [2.75, 3.05) is 14.1 Å². The van der Waals surface area contributed by atoms with Gasteiger partial charge in [0.2, 0.25) is 0 Å². The minimum Gasteiger partial charge on any atom is -0.303 e. The first-order chi connectivity index (χ1) is 9.70. The Kier molecular flexibility index (Phi) is 4.04. The summed E-state index contributed by atoms with van der Waals surface area (Å²) in [6.07, 6.45) is -4.53. The molecule has 0 bridgehead atoms. The van der Waals surface area contributed by atoms with Gasteiger partial charge in [-0.2, -0.15) is 13.2 Å². The third kappa shape index (κ3) is 3.24. The van der Waals surface area contributed by atoms with Crippen molar-refractivity contribution in [2.45, 2.75) is 19.1 Å². The van der Waals surface area contributed by atoms with Crippen molar-refractivity contribution in [1.82, 2.24) is 19.7 Å². The normalized spacial score (nSPS) is 13.7. The molecule has 2 aromatic rings. The molecular formula is C14H17F3N4. The van der Waals surface area contributed by atoms with E-state index in [4.69, 9.17) is 0 Å². The Morgan fingerprint density at radius 1 is 1.14 bits per heavy atom. The van der Waals surface area contributed by atoms with Gasteiger partial charge in [-0.3, -0.25) is 0 Å². The molecule has 1 aromatic heterocycles. The van der Waals surface area contributed by atoms with Crippen molar-refractivity contribution in [3.63, 3.8) is 0 Å². The second-order valence-electron chi connectivity index (χ2n) is 5.14. The quantitative estimate of drug-likeness (QED) is 0.873. The molecule has 1 aromatic carbocycles. The fraction of sp³-hybridized carbons (Fsp3) is 0.429. The van der Waals surface area contributed by atoms with Gasteiger partial charge >= 0.3 is 6.18 Å². The Morgan fingerprint density at radius 2 is 1.71 bits per heavy atom. The average molecular weight is 298 g/mol. The van der Waals surface area contributed by atoms with E-state index >= 15 is 0 Å². The fourth-order valence-electron chi connectivity index (χ4n) is 1.96. The molecule has 0 N–H and O–H groups in total. The van der Waals surface area contributed by atoms with Crippen molar-refractivity contribution in [3.8, 4) is 11.4 Å². The molecule has 0 unspecified atom stereocenters. The van der Waals surface area contributed by atoms with Crippen LogP contribution in [0.25, 0.3) is 11.4 Å². The second-order valence-corrected chi connectivity index (χ2v) is 5.14. The van der Waals surface area contributed by atoms with Gasteiger partial charge in [-0.1, -0.05) is 24.3 Å². The van der Waals surface area contributed by atoms with Crippen LogP contribution in [0.3, 0.4) is 0 Å². The predicted octanol–water partition coefficient (Wildman–Crippen LogP) is 3.12. The van der Waals surface area contributed by atoms with Gasteiger partial charge in [0, 0.05) is 18.7 Å². The number of alkyl halides is 3. The van der Waals surface area contributed by atoms with Crippen LogP contribution in [0.1, 0.15) is 24.4 Å². The molecule has 0 aliphatic rings. The van der Waals surface area contributed by atoms with Gasteiger partial charge in [-0.25, -0.2) is 9.67 Å². The van der Waals surface area contributed by atoms with E-state index < -0.39 is 12.0 Å². The number of aryl methyl sites for hydroxylation is 1. The summed E-state index contributed by atoms with van der Waals surface area (Å²) in [5.41, 5.74) is 1.69. The summed E-state index contributed by atoms with van der Waals surface area (Å²) < 4.78 is 39.0. The number of hydrogen-bond donors (Lipinski definition) is 0. The van der Waals surface area contributed by atoms with Crippen LogP contribution in [0.15, 0.2) is 24.3 Å². The first-order valence-corrected chi connectivity index (χ1v) is 6.45. The van der Waals surface area contributed by atoms with E-state index in [2.05, 4.69) is 21.9 Å². The molecule has 0 aliphatic heterocycles. The van der Waals surface area contributed by atoms with Gasteiger partial charge in [0.15, 0.2) is 5.82 Å². The molecule has 4 nitrogen and oxygen atoms in total. The minimum atomic E-state index is -4.53. The summed E-state index contributed by atoms with van der Waals surface area (Å²) in [5, 5.41) is 3.42. The molecule has 0 spiro atoms. The van der Waals surface area contributed by atoms with Crippen LogP contribution in [0.5, 0.6) is 0 Å². The summed E-state index contributed by atoms with van der Waals surface area (Å²) in [6.45, 7) is 2.05. The number of rotatable bonds is 3. The fourth-order valence-corrected chi connectivity index (χ4v) is 1.96. The molecule has 0 radical (unpaired) electrons. The van der Waals surface area contributed by atoms with E-state index in [-0.39, 0.29) is 11.9 Å². The van der Waals surface area contributed by atoms with Crippen LogP contribution < -0.4 is 0 Å². The predicted molar refractivity (Wildman–Crippen MR) is 73.5 cm³/mol. The number of nitrogens with zero attached hydrogens (tertiary/aromatic N) is 4. The molecule has 0 saturated heterocycles. The zero-order valence-electron chi connectivity index (χ0n) is 12.3. The van der Waals surface area contributed by atoms with Crippen molar-refractivity contribution in [3.05, 3.63) is 35.7 Å². The lowest BCUT2D eigenvalue weighted by atomic mass is 10.1. The Morgan fingerprint density at radius 3 is 2.14 bits per heavy atom. The van der Waals surface area contributed by atoms with Gasteiger partial charge in [0.25, 0.3) is 5.82 Å². The van der Waals surface area contributed by atoms with Crippen LogP contribution in [-0.4, -0.2) is 33.8 Å². The highest BCUT2D eigenvalue weighted by Gasteiger charge is 2.36. The highest BCUT2D eigenvalue weighted by Crippen LogP contribution is 2.29. The lowest BCUT2D eigenvalue weighted by Gasteiger charge is -2.20. The molecule has 21 heavy (non-hydrogen) atoms. The summed E-state index contributed by atoms with van der Waals surface area (Å²) in [5.74, 6) is -0.919.